The molecule has 1 aliphatic rings. The largest absolute Gasteiger partial charge is 0.337 e. The maximum atomic E-state index is 13.1. The van der Waals surface area contributed by atoms with Crippen molar-refractivity contribution in [2.45, 2.75) is 10.8 Å². The lowest BCUT2D eigenvalue weighted by Crippen LogP contribution is -2.30. The van der Waals surface area contributed by atoms with Gasteiger partial charge in [0.15, 0.2) is 0 Å². The number of benzene rings is 2. The van der Waals surface area contributed by atoms with Crippen molar-refractivity contribution in [2.75, 3.05) is 25.9 Å². The number of nitro benzene ring substituents is 1. The molecule has 6 nitrogen and oxygen atoms in total. The van der Waals surface area contributed by atoms with Crippen LogP contribution in [0.1, 0.15) is 21.8 Å². The van der Waals surface area contributed by atoms with Gasteiger partial charge >= 0.3 is 0 Å². The number of thioether (sulfide) groups is 1. The van der Waals surface area contributed by atoms with Crippen LogP contribution in [0.5, 0.6) is 0 Å². The van der Waals surface area contributed by atoms with Gasteiger partial charge in [0.2, 0.25) is 0 Å². The minimum absolute atomic E-state index is 0.143. The van der Waals surface area contributed by atoms with Crippen LogP contribution in [0.15, 0.2) is 53.4 Å². The number of hydrogen-bond acceptors (Lipinski definition) is 5. The van der Waals surface area contributed by atoms with Gasteiger partial charge in [0.25, 0.3) is 11.6 Å². The predicted octanol–water partition coefficient (Wildman–Crippen LogP) is 3.13. The molecule has 1 saturated heterocycles. The fourth-order valence-corrected chi connectivity index (χ4v) is 3.94. The smallest absolute Gasteiger partial charge is 0.282 e. The number of nitrogens with two attached hydrogens (primary N) is 1. The Labute approximate surface area is 156 Å². The van der Waals surface area contributed by atoms with Crippen LogP contribution in [0.3, 0.4) is 0 Å². The molecule has 0 aliphatic carbocycles. The molecule has 1 heterocycles. The van der Waals surface area contributed by atoms with Gasteiger partial charge in [0.05, 0.1) is 4.92 Å². The van der Waals surface area contributed by atoms with Crippen molar-refractivity contribution >= 4 is 23.4 Å². The van der Waals surface area contributed by atoms with Crippen molar-refractivity contribution in [2.24, 2.45) is 11.7 Å². The van der Waals surface area contributed by atoms with Crippen LogP contribution in [-0.2, 0) is 0 Å². The molecule has 0 bridgehead atoms. The summed E-state index contributed by atoms with van der Waals surface area (Å²) < 4.78 is 0. The summed E-state index contributed by atoms with van der Waals surface area (Å²) in [6, 6.07) is 14.7. The summed E-state index contributed by atoms with van der Waals surface area (Å²) in [6.07, 6.45) is 1.88. The highest BCUT2D eigenvalue weighted by Crippen LogP contribution is 2.34. The fraction of sp³-hybridized carbons (Fsp3) is 0.316. The van der Waals surface area contributed by atoms with E-state index in [4.69, 9.17) is 5.73 Å². The summed E-state index contributed by atoms with van der Waals surface area (Å²) in [5.41, 5.74) is 7.07. The Kier molecular flexibility index (Phi) is 5.58. The van der Waals surface area contributed by atoms with Crippen LogP contribution >= 0.6 is 11.8 Å². The zero-order chi connectivity index (χ0) is 18.7. The Bertz CT molecular complexity index is 813. The Morgan fingerprint density at radius 3 is 2.62 bits per heavy atom. The molecule has 7 heteroatoms. The van der Waals surface area contributed by atoms with Gasteiger partial charge in [-0.15, -0.1) is 11.8 Å². The van der Waals surface area contributed by atoms with Crippen LogP contribution in [0.4, 0.5) is 5.69 Å². The van der Waals surface area contributed by atoms with E-state index in [1.54, 1.807) is 17.0 Å². The van der Waals surface area contributed by atoms with Crippen molar-refractivity contribution < 1.29 is 9.72 Å². The van der Waals surface area contributed by atoms with Crippen molar-refractivity contribution in [1.29, 1.82) is 0 Å². The normalized spacial score (nSPS) is 19.5. The Morgan fingerprint density at radius 2 is 2.00 bits per heavy atom. The Hall–Kier alpha value is -2.38. The highest BCUT2D eigenvalue weighted by Gasteiger charge is 2.37. The van der Waals surface area contributed by atoms with Crippen molar-refractivity contribution in [3.8, 4) is 0 Å². The second-order valence-electron chi connectivity index (χ2n) is 6.36. The minimum atomic E-state index is -0.498. The lowest BCUT2D eigenvalue weighted by atomic mass is 9.89. The van der Waals surface area contributed by atoms with E-state index in [-0.39, 0.29) is 29.0 Å². The number of carbonyl (C=O) groups excluding carboxylic acids is 1. The molecular formula is C19H21N3O3S. The van der Waals surface area contributed by atoms with Gasteiger partial charge in [-0.05, 0) is 36.4 Å². The third kappa shape index (κ3) is 3.59. The van der Waals surface area contributed by atoms with E-state index in [0.29, 0.717) is 19.6 Å². The summed E-state index contributed by atoms with van der Waals surface area (Å²) >= 11 is 1.45. The van der Waals surface area contributed by atoms with Gasteiger partial charge in [-0.3, -0.25) is 14.9 Å². The van der Waals surface area contributed by atoms with E-state index in [0.717, 1.165) is 10.5 Å². The van der Waals surface area contributed by atoms with Crippen molar-refractivity contribution in [1.82, 2.24) is 4.90 Å². The molecule has 1 aliphatic heterocycles. The number of amides is 1. The standard InChI is InChI=1S/C19H21N3O3S/c1-26-15-7-8-18(22(24)25)16(9-15)19(23)21-11-14(10-20)17(12-21)13-5-3-2-4-6-13/h2-9,14,17H,10-12,20H2,1H3/t14-,17+/m1/s1. The number of hydrogen-bond donors (Lipinski definition) is 1. The SMILES string of the molecule is CSc1ccc([N+](=O)[O-])c(C(=O)N2C[C@@H](CN)[C@H](c3ccccc3)C2)c1. The summed E-state index contributed by atoms with van der Waals surface area (Å²) in [5.74, 6) is -0.0124. The highest BCUT2D eigenvalue weighted by molar-refractivity contribution is 7.98. The highest BCUT2D eigenvalue weighted by atomic mass is 32.2. The average Bonchev–Trinajstić information content (AvgIpc) is 3.12. The van der Waals surface area contributed by atoms with Crippen LogP contribution in [-0.4, -0.2) is 41.6 Å². The lowest BCUT2D eigenvalue weighted by Gasteiger charge is -2.17. The topological polar surface area (TPSA) is 89.5 Å². The summed E-state index contributed by atoms with van der Waals surface area (Å²) in [4.78, 5) is 26.4. The predicted molar refractivity (Wildman–Crippen MR) is 103 cm³/mol. The zero-order valence-electron chi connectivity index (χ0n) is 14.5. The van der Waals surface area contributed by atoms with E-state index in [2.05, 4.69) is 0 Å². The molecule has 0 aromatic heterocycles. The van der Waals surface area contributed by atoms with E-state index in [9.17, 15) is 14.9 Å². The molecule has 0 spiro atoms. The number of nitrogens with zero attached hydrogens (tertiary/aromatic N) is 2. The van der Waals surface area contributed by atoms with Crippen LogP contribution < -0.4 is 5.73 Å². The lowest BCUT2D eigenvalue weighted by molar-refractivity contribution is -0.385. The third-order valence-electron chi connectivity index (χ3n) is 4.89. The second-order valence-corrected chi connectivity index (χ2v) is 7.24. The van der Waals surface area contributed by atoms with Gasteiger partial charge in [-0.1, -0.05) is 30.3 Å². The van der Waals surface area contributed by atoms with Gasteiger partial charge < -0.3 is 10.6 Å². The monoisotopic (exact) mass is 371 g/mol. The first-order valence-corrected chi connectivity index (χ1v) is 9.64. The molecule has 1 fully saturated rings. The molecule has 0 saturated carbocycles. The minimum Gasteiger partial charge on any atom is -0.337 e. The van der Waals surface area contributed by atoms with Crippen molar-refractivity contribution in [3.63, 3.8) is 0 Å². The van der Waals surface area contributed by atoms with Gasteiger partial charge in [-0.25, -0.2) is 0 Å². The molecule has 1 amide bonds. The summed E-state index contributed by atoms with van der Waals surface area (Å²) in [6.45, 7) is 1.50. The first kappa shape index (κ1) is 18.4. The molecule has 2 aromatic rings. The van der Waals surface area contributed by atoms with E-state index in [1.165, 1.54) is 17.8 Å². The Morgan fingerprint density at radius 1 is 1.27 bits per heavy atom. The molecule has 26 heavy (non-hydrogen) atoms. The fourth-order valence-electron chi connectivity index (χ4n) is 3.50. The number of nitro groups is 1. The zero-order valence-corrected chi connectivity index (χ0v) is 15.3. The van der Waals surface area contributed by atoms with Crippen LogP contribution in [0, 0.1) is 16.0 Å². The molecule has 0 unspecified atom stereocenters. The maximum Gasteiger partial charge on any atom is 0.282 e. The second kappa shape index (κ2) is 7.88. The molecule has 2 aromatic carbocycles. The number of likely N-dealkylation sites (tertiary alicyclic amines) is 1. The molecule has 2 atom stereocenters. The Balaban J connectivity index is 1.90. The molecule has 0 radical (unpaired) electrons. The van der Waals surface area contributed by atoms with E-state index >= 15 is 0 Å². The van der Waals surface area contributed by atoms with Gasteiger partial charge in [-0.2, -0.15) is 0 Å². The van der Waals surface area contributed by atoms with E-state index < -0.39 is 4.92 Å². The molecular weight excluding hydrogens is 350 g/mol. The third-order valence-corrected chi connectivity index (χ3v) is 5.61. The summed E-state index contributed by atoms with van der Waals surface area (Å²) in [5, 5.41) is 11.4. The van der Waals surface area contributed by atoms with Crippen molar-refractivity contribution in [3.05, 3.63) is 69.8 Å². The number of carbonyl (C=O) groups is 1. The summed E-state index contributed by atoms with van der Waals surface area (Å²) in [7, 11) is 0. The van der Waals surface area contributed by atoms with Crippen LogP contribution in [0.2, 0.25) is 0 Å². The van der Waals surface area contributed by atoms with E-state index in [1.807, 2.05) is 36.6 Å². The maximum absolute atomic E-state index is 13.1. The molecule has 3 rings (SSSR count). The first-order chi connectivity index (χ1) is 12.5. The van der Waals surface area contributed by atoms with Gasteiger partial charge in [0, 0.05) is 30.0 Å². The average molecular weight is 371 g/mol. The molecule has 136 valence electrons. The van der Waals surface area contributed by atoms with Crippen LogP contribution in [0.25, 0.3) is 0 Å². The molecule has 2 N–H and O–H groups in total. The first-order valence-electron chi connectivity index (χ1n) is 8.42. The number of rotatable bonds is 5. The quantitative estimate of drug-likeness (QED) is 0.495. The van der Waals surface area contributed by atoms with Gasteiger partial charge in [0.1, 0.15) is 5.56 Å².